The largest absolute Gasteiger partial charge is 0.466 e. The lowest BCUT2D eigenvalue weighted by Gasteiger charge is -2.39. The molecule has 2 heterocycles. The van der Waals surface area contributed by atoms with E-state index in [1.54, 1.807) is 13.8 Å². The quantitative estimate of drug-likeness (QED) is 0.752. The average molecular weight is 373 g/mol. The molecule has 6 heteroatoms. The monoisotopic (exact) mass is 373 g/mol. The Morgan fingerprint density at radius 3 is 2.70 bits per heavy atom. The Morgan fingerprint density at radius 1 is 1.22 bits per heavy atom. The first-order valence-corrected chi connectivity index (χ1v) is 9.57. The fourth-order valence-corrected chi connectivity index (χ4v) is 3.95. The van der Waals surface area contributed by atoms with E-state index in [0.717, 1.165) is 23.0 Å². The molecule has 1 aliphatic heterocycles. The number of para-hydroxylation sites is 1. The van der Waals surface area contributed by atoms with Gasteiger partial charge in [0.05, 0.1) is 31.4 Å². The number of rotatable bonds is 7. The molecule has 6 nitrogen and oxygen atoms in total. The number of ether oxygens (including phenoxy) is 3. The number of H-pyrrole nitrogens is 1. The Hall–Kier alpha value is -2.34. The first-order chi connectivity index (χ1) is 13.0. The maximum Gasteiger partial charge on any atom is 0.312 e. The van der Waals surface area contributed by atoms with Crippen molar-refractivity contribution >= 4 is 22.8 Å². The van der Waals surface area contributed by atoms with E-state index in [1.807, 2.05) is 25.1 Å². The minimum absolute atomic E-state index is 0.145. The number of fused-ring (bicyclic) bond motifs is 3. The highest BCUT2D eigenvalue weighted by molar-refractivity contribution is 5.86. The van der Waals surface area contributed by atoms with Gasteiger partial charge in [-0.1, -0.05) is 18.2 Å². The van der Waals surface area contributed by atoms with E-state index in [-0.39, 0.29) is 25.0 Å². The third-order valence-corrected chi connectivity index (χ3v) is 5.24. The summed E-state index contributed by atoms with van der Waals surface area (Å²) in [6.45, 7) is 6.57. The van der Waals surface area contributed by atoms with Gasteiger partial charge in [-0.15, -0.1) is 0 Å². The number of nitrogens with one attached hydrogen (secondary N) is 1. The Bertz CT molecular complexity index is 827. The topological polar surface area (TPSA) is 77.6 Å². The summed E-state index contributed by atoms with van der Waals surface area (Å²) < 4.78 is 16.5. The van der Waals surface area contributed by atoms with Crippen LogP contribution in [0, 0.1) is 5.92 Å². The predicted octanol–water partition coefficient (Wildman–Crippen LogP) is 3.48. The first-order valence-electron chi connectivity index (χ1n) is 9.57. The zero-order chi connectivity index (χ0) is 19.4. The zero-order valence-electron chi connectivity index (χ0n) is 16.2. The SMILES string of the molecule is CCOC(=O)CCC(C(=O)OCC)C1(C)OCCc2c1[nH]c1ccccc21. The molecule has 27 heavy (non-hydrogen) atoms. The van der Waals surface area contributed by atoms with Crippen molar-refractivity contribution in [1.82, 2.24) is 4.98 Å². The van der Waals surface area contributed by atoms with Gasteiger partial charge in [-0.2, -0.15) is 0 Å². The van der Waals surface area contributed by atoms with Gasteiger partial charge in [-0.25, -0.2) is 0 Å². The molecule has 0 bridgehead atoms. The molecule has 2 unspecified atom stereocenters. The molecule has 0 saturated carbocycles. The lowest BCUT2D eigenvalue weighted by Crippen LogP contribution is -2.44. The Balaban J connectivity index is 1.98. The molecule has 0 radical (unpaired) electrons. The molecule has 1 aromatic heterocycles. The van der Waals surface area contributed by atoms with Crippen LogP contribution in [0.2, 0.25) is 0 Å². The van der Waals surface area contributed by atoms with Crippen LogP contribution in [-0.2, 0) is 35.8 Å². The number of hydrogen-bond donors (Lipinski definition) is 1. The third kappa shape index (κ3) is 3.72. The lowest BCUT2D eigenvalue weighted by molar-refractivity contribution is -0.167. The van der Waals surface area contributed by atoms with E-state index < -0.39 is 11.5 Å². The van der Waals surface area contributed by atoms with E-state index in [2.05, 4.69) is 11.1 Å². The van der Waals surface area contributed by atoms with E-state index in [4.69, 9.17) is 14.2 Å². The van der Waals surface area contributed by atoms with Crippen molar-refractivity contribution in [1.29, 1.82) is 0 Å². The zero-order valence-corrected chi connectivity index (χ0v) is 16.2. The van der Waals surface area contributed by atoms with Crippen LogP contribution < -0.4 is 0 Å². The highest BCUT2D eigenvalue weighted by Crippen LogP contribution is 2.43. The Morgan fingerprint density at radius 2 is 1.96 bits per heavy atom. The summed E-state index contributed by atoms with van der Waals surface area (Å²) in [4.78, 5) is 28.1. The van der Waals surface area contributed by atoms with Gasteiger partial charge >= 0.3 is 11.9 Å². The van der Waals surface area contributed by atoms with Crippen LogP contribution in [0.15, 0.2) is 24.3 Å². The molecule has 1 aromatic carbocycles. The summed E-state index contributed by atoms with van der Waals surface area (Å²) >= 11 is 0. The second-order valence-corrected chi connectivity index (χ2v) is 6.88. The van der Waals surface area contributed by atoms with Gasteiger partial charge < -0.3 is 19.2 Å². The van der Waals surface area contributed by atoms with E-state index in [0.29, 0.717) is 19.6 Å². The van der Waals surface area contributed by atoms with Crippen LogP contribution in [0.5, 0.6) is 0 Å². The molecule has 2 atom stereocenters. The summed E-state index contributed by atoms with van der Waals surface area (Å²) in [7, 11) is 0. The Labute approximate surface area is 159 Å². The third-order valence-electron chi connectivity index (χ3n) is 5.24. The van der Waals surface area contributed by atoms with Crippen LogP contribution in [0.25, 0.3) is 10.9 Å². The standard InChI is InChI=1S/C21H27NO5/c1-4-25-18(23)11-10-16(20(24)26-5-2)21(3)19-15(12-13-27-21)14-8-6-7-9-17(14)22-19/h6-9,16,22H,4-5,10-13H2,1-3H3. The van der Waals surface area contributed by atoms with Gasteiger partial charge in [0.15, 0.2) is 0 Å². The molecule has 2 aromatic rings. The van der Waals surface area contributed by atoms with Crippen LogP contribution in [0.3, 0.4) is 0 Å². The normalized spacial score (nSPS) is 20.1. The number of carbonyl (C=O) groups excluding carboxylic acids is 2. The second kappa shape index (κ2) is 8.13. The van der Waals surface area contributed by atoms with Crippen LogP contribution in [0.4, 0.5) is 0 Å². The lowest BCUT2D eigenvalue weighted by atomic mass is 9.79. The highest BCUT2D eigenvalue weighted by Gasteiger charge is 2.47. The van der Waals surface area contributed by atoms with Crippen molar-refractivity contribution in [2.24, 2.45) is 5.92 Å². The van der Waals surface area contributed by atoms with Gasteiger partial charge in [-0.3, -0.25) is 9.59 Å². The fourth-order valence-electron chi connectivity index (χ4n) is 3.95. The fraction of sp³-hybridized carbons (Fsp3) is 0.524. The van der Waals surface area contributed by atoms with E-state index in [9.17, 15) is 9.59 Å². The van der Waals surface area contributed by atoms with E-state index >= 15 is 0 Å². The number of aromatic amines is 1. The average Bonchev–Trinajstić information content (AvgIpc) is 3.03. The van der Waals surface area contributed by atoms with Crippen molar-refractivity contribution in [3.63, 3.8) is 0 Å². The molecule has 0 spiro atoms. The van der Waals surface area contributed by atoms with Crippen molar-refractivity contribution in [2.75, 3.05) is 19.8 Å². The van der Waals surface area contributed by atoms with Crippen molar-refractivity contribution in [3.8, 4) is 0 Å². The molecule has 0 amide bonds. The maximum atomic E-state index is 12.8. The minimum atomic E-state index is -0.884. The van der Waals surface area contributed by atoms with Crippen molar-refractivity contribution in [3.05, 3.63) is 35.5 Å². The number of benzene rings is 1. The molecule has 146 valence electrons. The van der Waals surface area contributed by atoms with Crippen molar-refractivity contribution in [2.45, 2.75) is 45.6 Å². The van der Waals surface area contributed by atoms with Gasteiger partial charge in [0.25, 0.3) is 0 Å². The summed E-state index contributed by atoms with van der Waals surface area (Å²) in [5.74, 6) is -1.27. The smallest absolute Gasteiger partial charge is 0.312 e. The molecule has 1 aliphatic rings. The predicted molar refractivity (Wildman–Crippen MR) is 101 cm³/mol. The number of aromatic nitrogens is 1. The number of esters is 2. The summed E-state index contributed by atoms with van der Waals surface area (Å²) in [6.07, 6.45) is 1.23. The molecule has 0 saturated heterocycles. The maximum absolute atomic E-state index is 12.8. The van der Waals surface area contributed by atoms with Crippen molar-refractivity contribution < 1.29 is 23.8 Å². The summed E-state index contributed by atoms with van der Waals surface area (Å²) in [6, 6.07) is 8.08. The van der Waals surface area contributed by atoms with Crippen LogP contribution in [0.1, 0.15) is 44.9 Å². The van der Waals surface area contributed by atoms with Gasteiger partial charge in [0.1, 0.15) is 5.60 Å². The summed E-state index contributed by atoms with van der Waals surface area (Å²) in [5.41, 5.74) is 2.21. The molecule has 1 N–H and O–H groups in total. The highest BCUT2D eigenvalue weighted by atomic mass is 16.5. The van der Waals surface area contributed by atoms with E-state index in [1.165, 1.54) is 5.56 Å². The minimum Gasteiger partial charge on any atom is -0.466 e. The van der Waals surface area contributed by atoms with Gasteiger partial charge in [0, 0.05) is 17.3 Å². The second-order valence-electron chi connectivity index (χ2n) is 6.88. The molecule has 0 aliphatic carbocycles. The molecule has 3 rings (SSSR count). The molecular formula is C21H27NO5. The Kier molecular flexibility index (Phi) is 5.85. The van der Waals surface area contributed by atoms with Gasteiger partial charge in [0.2, 0.25) is 0 Å². The van der Waals surface area contributed by atoms with Crippen LogP contribution >= 0.6 is 0 Å². The van der Waals surface area contributed by atoms with Gasteiger partial charge in [-0.05, 0) is 45.2 Å². The molecule has 0 fully saturated rings. The number of carbonyl (C=O) groups is 2. The summed E-state index contributed by atoms with van der Waals surface area (Å²) in [5, 5.41) is 1.15. The first kappa shape index (κ1) is 19.4. The van der Waals surface area contributed by atoms with Crippen LogP contribution in [-0.4, -0.2) is 36.7 Å². The molecular weight excluding hydrogens is 346 g/mol. The number of hydrogen-bond acceptors (Lipinski definition) is 5.